The molecule has 0 radical (unpaired) electrons. The Balaban J connectivity index is 2.37. The van der Waals surface area contributed by atoms with Crippen molar-refractivity contribution in [2.24, 2.45) is 0 Å². The number of aryl methyl sites for hydroxylation is 1. The summed E-state index contributed by atoms with van der Waals surface area (Å²) in [5, 5.41) is 0. The van der Waals surface area contributed by atoms with Gasteiger partial charge < -0.3 is 9.64 Å². The van der Waals surface area contributed by atoms with Crippen LogP contribution in [-0.2, 0) is 11.2 Å². The van der Waals surface area contributed by atoms with E-state index in [9.17, 15) is 4.79 Å². The number of amides is 1. The fourth-order valence-electron chi connectivity index (χ4n) is 1.38. The summed E-state index contributed by atoms with van der Waals surface area (Å²) in [6.07, 6.45) is 0.988. The number of carbonyl (C=O) groups excluding carboxylic acids is 1. The SMILES string of the molecule is CCc1cccc(OCCN(C)C(=O)CCl)c1. The van der Waals surface area contributed by atoms with Crippen molar-refractivity contribution in [2.45, 2.75) is 13.3 Å². The average molecular weight is 256 g/mol. The van der Waals surface area contributed by atoms with Gasteiger partial charge in [0.05, 0.1) is 6.54 Å². The van der Waals surface area contributed by atoms with Gasteiger partial charge in [-0.1, -0.05) is 19.1 Å². The Bertz CT molecular complexity index is 368. The van der Waals surface area contributed by atoms with E-state index in [2.05, 4.69) is 13.0 Å². The standard InChI is InChI=1S/C13H18ClNO2/c1-3-11-5-4-6-12(9-11)17-8-7-15(2)13(16)10-14/h4-6,9H,3,7-8,10H2,1-2H3. The second-order valence-electron chi connectivity index (χ2n) is 3.80. The van der Waals surface area contributed by atoms with Crippen LogP contribution in [0.15, 0.2) is 24.3 Å². The molecular formula is C13H18ClNO2. The zero-order valence-corrected chi connectivity index (χ0v) is 11.0. The summed E-state index contributed by atoms with van der Waals surface area (Å²) in [4.78, 5) is 12.8. The average Bonchev–Trinajstić information content (AvgIpc) is 2.37. The maximum atomic E-state index is 11.2. The molecule has 1 rings (SSSR count). The van der Waals surface area contributed by atoms with Crippen LogP contribution in [0.4, 0.5) is 0 Å². The number of likely N-dealkylation sites (N-methyl/N-ethyl adjacent to an activating group) is 1. The summed E-state index contributed by atoms with van der Waals surface area (Å²) in [5.41, 5.74) is 1.24. The lowest BCUT2D eigenvalue weighted by molar-refractivity contribution is -0.127. The van der Waals surface area contributed by atoms with Gasteiger partial charge in [-0.3, -0.25) is 4.79 Å². The lowest BCUT2D eigenvalue weighted by Gasteiger charge is -2.16. The number of halogens is 1. The molecule has 0 aromatic heterocycles. The molecule has 4 heteroatoms. The van der Waals surface area contributed by atoms with Gasteiger partial charge in [0.25, 0.3) is 0 Å². The molecule has 0 fully saturated rings. The van der Waals surface area contributed by atoms with E-state index in [0.717, 1.165) is 12.2 Å². The first-order chi connectivity index (χ1) is 8.17. The lowest BCUT2D eigenvalue weighted by Crippen LogP contribution is -2.31. The molecule has 0 bridgehead atoms. The fraction of sp³-hybridized carbons (Fsp3) is 0.462. The third-order valence-corrected chi connectivity index (χ3v) is 2.77. The van der Waals surface area contributed by atoms with E-state index >= 15 is 0 Å². The molecule has 3 nitrogen and oxygen atoms in total. The Morgan fingerprint density at radius 2 is 2.24 bits per heavy atom. The number of ether oxygens (including phenoxy) is 1. The molecule has 0 aliphatic heterocycles. The molecule has 1 amide bonds. The van der Waals surface area contributed by atoms with Crippen molar-refractivity contribution in [1.82, 2.24) is 4.90 Å². The molecule has 1 aromatic rings. The molecule has 17 heavy (non-hydrogen) atoms. The molecule has 0 aliphatic rings. The van der Waals surface area contributed by atoms with Gasteiger partial charge in [-0.15, -0.1) is 11.6 Å². The largest absolute Gasteiger partial charge is 0.492 e. The Morgan fingerprint density at radius 3 is 2.88 bits per heavy atom. The van der Waals surface area contributed by atoms with E-state index < -0.39 is 0 Å². The highest BCUT2D eigenvalue weighted by Crippen LogP contribution is 2.13. The van der Waals surface area contributed by atoms with Crippen molar-refractivity contribution in [3.05, 3.63) is 29.8 Å². The zero-order chi connectivity index (χ0) is 12.7. The number of alkyl halides is 1. The number of hydrogen-bond acceptors (Lipinski definition) is 2. The van der Waals surface area contributed by atoms with E-state index in [4.69, 9.17) is 16.3 Å². The highest BCUT2D eigenvalue weighted by Gasteiger charge is 2.06. The van der Waals surface area contributed by atoms with Crippen LogP contribution in [-0.4, -0.2) is 36.9 Å². The minimum absolute atomic E-state index is 0.0157. The zero-order valence-electron chi connectivity index (χ0n) is 10.3. The van der Waals surface area contributed by atoms with Crippen LogP contribution in [0.25, 0.3) is 0 Å². The third-order valence-electron chi connectivity index (χ3n) is 2.54. The van der Waals surface area contributed by atoms with Crippen molar-refractivity contribution in [3.63, 3.8) is 0 Å². The summed E-state index contributed by atoms with van der Waals surface area (Å²) in [5.74, 6) is 0.774. The van der Waals surface area contributed by atoms with Crippen LogP contribution in [0.1, 0.15) is 12.5 Å². The van der Waals surface area contributed by atoms with Gasteiger partial charge in [0.15, 0.2) is 0 Å². The van der Waals surface area contributed by atoms with E-state index in [1.165, 1.54) is 5.56 Å². The Hall–Kier alpha value is -1.22. The van der Waals surface area contributed by atoms with Gasteiger partial charge in [0.1, 0.15) is 18.2 Å². The fourth-order valence-corrected chi connectivity index (χ4v) is 1.59. The predicted octanol–water partition coefficient (Wildman–Crippen LogP) is 2.33. The number of hydrogen-bond donors (Lipinski definition) is 0. The van der Waals surface area contributed by atoms with Crippen molar-refractivity contribution in [2.75, 3.05) is 26.1 Å². The summed E-state index contributed by atoms with van der Waals surface area (Å²) in [6.45, 7) is 3.13. The summed E-state index contributed by atoms with van der Waals surface area (Å²) in [6, 6.07) is 7.98. The van der Waals surface area contributed by atoms with Crippen LogP contribution < -0.4 is 4.74 Å². The van der Waals surface area contributed by atoms with Crippen LogP contribution in [0.3, 0.4) is 0 Å². The van der Waals surface area contributed by atoms with Crippen LogP contribution in [0.2, 0.25) is 0 Å². The number of nitrogens with zero attached hydrogens (tertiary/aromatic N) is 1. The van der Waals surface area contributed by atoms with E-state index in [1.807, 2.05) is 18.2 Å². The minimum atomic E-state index is -0.0856. The van der Waals surface area contributed by atoms with Crippen LogP contribution in [0, 0.1) is 0 Å². The number of rotatable bonds is 6. The van der Waals surface area contributed by atoms with E-state index in [-0.39, 0.29) is 11.8 Å². The molecule has 0 saturated heterocycles. The van der Waals surface area contributed by atoms with E-state index in [1.54, 1.807) is 11.9 Å². The highest BCUT2D eigenvalue weighted by molar-refractivity contribution is 6.27. The highest BCUT2D eigenvalue weighted by atomic mass is 35.5. The Kier molecular flexibility index (Phi) is 5.84. The second-order valence-corrected chi connectivity index (χ2v) is 4.07. The monoisotopic (exact) mass is 255 g/mol. The van der Waals surface area contributed by atoms with Gasteiger partial charge in [0.2, 0.25) is 5.91 Å². The Morgan fingerprint density at radius 1 is 1.47 bits per heavy atom. The molecule has 0 spiro atoms. The molecule has 0 unspecified atom stereocenters. The molecular weight excluding hydrogens is 238 g/mol. The van der Waals surface area contributed by atoms with Gasteiger partial charge in [-0.2, -0.15) is 0 Å². The van der Waals surface area contributed by atoms with Crippen molar-refractivity contribution in [3.8, 4) is 5.75 Å². The predicted molar refractivity (Wildman–Crippen MR) is 69.7 cm³/mol. The number of benzene rings is 1. The van der Waals surface area contributed by atoms with Crippen molar-refractivity contribution in [1.29, 1.82) is 0 Å². The normalized spacial score (nSPS) is 10.1. The molecule has 0 N–H and O–H groups in total. The van der Waals surface area contributed by atoms with Gasteiger partial charge in [-0.05, 0) is 24.1 Å². The Labute approximate surface area is 107 Å². The van der Waals surface area contributed by atoms with Gasteiger partial charge >= 0.3 is 0 Å². The molecule has 0 aliphatic carbocycles. The topological polar surface area (TPSA) is 29.5 Å². The first-order valence-corrected chi connectivity index (χ1v) is 6.22. The molecule has 0 heterocycles. The van der Waals surface area contributed by atoms with Crippen LogP contribution in [0.5, 0.6) is 5.75 Å². The maximum Gasteiger partial charge on any atom is 0.237 e. The first-order valence-electron chi connectivity index (χ1n) is 5.69. The molecule has 94 valence electrons. The molecule has 0 atom stereocenters. The summed E-state index contributed by atoms with van der Waals surface area (Å²) >= 11 is 5.45. The smallest absolute Gasteiger partial charge is 0.237 e. The first kappa shape index (κ1) is 13.8. The summed E-state index contributed by atoms with van der Waals surface area (Å²) < 4.78 is 5.58. The van der Waals surface area contributed by atoms with Crippen molar-refractivity contribution < 1.29 is 9.53 Å². The van der Waals surface area contributed by atoms with Crippen LogP contribution >= 0.6 is 11.6 Å². The molecule has 1 aromatic carbocycles. The lowest BCUT2D eigenvalue weighted by atomic mass is 10.2. The third kappa shape index (κ3) is 4.65. The van der Waals surface area contributed by atoms with Gasteiger partial charge in [0, 0.05) is 7.05 Å². The minimum Gasteiger partial charge on any atom is -0.492 e. The summed E-state index contributed by atoms with van der Waals surface area (Å²) in [7, 11) is 1.72. The quantitative estimate of drug-likeness (QED) is 0.730. The van der Waals surface area contributed by atoms with Crippen molar-refractivity contribution >= 4 is 17.5 Å². The maximum absolute atomic E-state index is 11.2. The second kappa shape index (κ2) is 7.17. The molecule has 0 saturated carbocycles. The van der Waals surface area contributed by atoms with E-state index in [0.29, 0.717) is 13.2 Å². The van der Waals surface area contributed by atoms with Gasteiger partial charge in [-0.25, -0.2) is 0 Å². The number of carbonyl (C=O) groups is 1.